The van der Waals surface area contributed by atoms with Crippen LogP contribution in [0, 0.1) is 0 Å². The van der Waals surface area contributed by atoms with E-state index in [2.05, 4.69) is 37.5 Å². The number of rotatable bonds is 3. The van der Waals surface area contributed by atoms with E-state index in [4.69, 9.17) is 17.2 Å². The zero-order valence-electron chi connectivity index (χ0n) is 17.6. The average Bonchev–Trinajstić information content (AvgIpc) is 3.17. The van der Waals surface area contributed by atoms with Crippen molar-refractivity contribution in [3.8, 4) is 10.6 Å². The van der Waals surface area contributed by atoms with E-state index in [9.17, 15) is 4.79 Å². The van der Waals surface area contributed by atoms with Gasteiger partial charge in [0.25, 0.3) is 5.91 Å². The summed E-state index contributed by atoms with van der Waals surface area (Å²) >= 11 is 7.04. The largest absolute Gasteiger partial charge is 0.332 e. The van der Waals surface area contributed by atoms with Crippen LogP contribution in [0.5, 0.6) is 0 Å². The highest BCUT2D eigenvalue weighted by molar-refractivity contribution is 7.80. The van der Waals surface area contributed by atoms with Gasteiger partial charge in [0, 0.05) is 11.1 Å². The van der Waals surface area contributed by atoms with Gasteiger partial charge < -0.3 is 5.32 Å². The van der Waals surface area contributed by atoms with Gasteiger partial charge in [-0.2, -0.15) is 0 Å². The number of thiazole rings is 1. The molecule has 0 atom stereocenters. The summed E-state index contributed by atoms with van der Waals surface area (Å²) in [5.41, 5.74) is 4.48. The third-order valence-corrected chi connectivity index (χ3v) is 6.21. The van der Waals surface area contributed by atoms with Crippen molar-refractivity contribution < 1.29 is 4.79 Å². The summed E-state index contributed by atoms with van der Waals surface area (Å²) in [7, 11) is 0. The van der Waals surface area contributed by atoms with E-state index in [1.807, 2.05) is 66.7 Å². The molecule has 0 saturated heterocycles. The number of thiocarbonyl (C=S) groups is 1. The van der Waals surface area contributed by atoms with Crippen LogP contribution in [-0.2, 0) is 5.41 Å². The van der Waals surface area contributed by atoms with Crippen LogP contribution in [-0.4, -0.2) is 16.0 Å². The standard InChI is InChI=1S/C25H23N3OS2/c1-25(2,3)17-14-12-16(13-15-17)22(29)28-24(30)27-19-9-5-4-8-18(19)23-26-20-10-6-7-11-21(20)31-23/h4-15H,1-3H3,(H2,27,28,29,30). The Hall–Kier alpha value is -3.09. The van der Waals surface area contributed by atoms with Crippen LogP contribution >= 0.6 is 23.6 Å². The van der Waals surface area contributed by atoms with Crippen molar-refractivity contribution in [1.29, 1.82) is 0 Å². The molecular formula is C25H23N3OS2. The van der Waals surface area contributed by atoms with E-state index in [0.717, 1.165) is 26.5 Å². The van der Waals surface area contributed by atoms with E-state index in [1.165, 1.54) is 5.56 Å². The number of carbonyl (C=O) groups is 1. The zero-order chi connectivity index (χ0) is 22.0. The van der Waals surface area contributed by atoms with Crippen LogP contribution in [0.2, 0.25) is 0 Å². The summed E-state index contributed by atoms with van der Waals surface area (Å²) in [5.74, 6) is -0.240. The first-order chi connectivity index (χ1) is 14.8. The lowest BCUT2D eigenvalue weighted by atomic mass is 9.87. The van der Waals surface area contributed by atoms with Gasteiger partial charge in [0.2, 0.25) is 0 Å². The number of nitrogens with one attached hydrogen (secondary N) is 2. The fourth-order valence-electron chi connectivity index (χ4n) is 3.22. The fraction of sp³-hybridized carbons (Fsp3) is 0.160. The van der Waals surface area contributed by atoms with Gasteiger partial charge in [-0.05, 0) is 59.6 Å². The minimum absolute atomic E-state index is 0.0379. The van der Waals surface area contributed by atoms with E-state index in [-0.39, 0.29) is 16.4 Å². The van der Waals surface area contributed by atoms with Crippen molar-refractivity contribution in [2.45, 2.75) is 26.2 Å². The monoisotopic (exact) mass is 445 g/mol. The summed E-state index contributed by atoms with van der Waals surface area (Å²) < 4.78 is 1.13. The first-order valence-corrected chi connectivity index (χ1v) is 11.2. The third-order valence-electron chi connectivity index (χ3n) is 4.94. The molecule has 3 aromatic carbocycles. The Labute approximate surface area is 191 Å². The number of carbonyl (C=O) groups excluding carboxylic acids is 1. The van der Waals surface area contributed by atoms with Crippen LogP contribution in [0.25, 0.3) is 20.8 Å². The molecule has 0 unspecified atom stereocenters. The van der Waals surface area contributed by atoms with Crippen LogP contribution in [0.1, 0.15) is 36.7 Å². The molecule has 4 aromatic rings. The Bertz CT molecular complexity index is 1220. The van der Waals surface area contributed by atoms with Gasteiger partial charge in [-0.15, -0.1) is 11.3 Å². The smallest absolute Gasteiger partial charge is 0.257 e. The maximum Gasteiger partial charge on any atom is 0.257 e. The van der Waals surface area contributed by atoms with Crippen molar-refractivity contribution in [2.24, 2.45) is 0 Å². The van der Waals surface area contributed by atoms with Gasteiger partial charge >= 0.3 is 0 Å². The van der Waals surface area contributed by atoms with Crippen LogP contribution in [0.4, 0.5) is 5.69 Å². The van der Waals surface area contributed by atoms with Gasteiger partial charge in [0.05, 0.1) is 15.9 Å². The second kappa shape index (κ2) is 8.57. The average molecular weight is 446 g/mol. The highest BCUT2D eigenvalue weighted by Crippen LogP contribution is 2.34. The summed E-state index contributed by atoms with van der Waals surface area (Å²) in [6, 6.07) is 23.5. The quantitative estimate of drug-likeness (QED) is 0.359. The lowest BCUT2D eigenvalue weighted by Gasteiger charge is -2.19. The number of anilines is 1. The van der Waals surface area contributed by atoms with E-state index >= 15 is 0 Å². The molecule has 0 bridgehead atoms. The molecule has 0 spiro atoms. The zero-order valence-corrected chi connectivity index (χ0v) is 19.2. The molecule has 2 N–H and O–H groups in total. The Morgan fingerprint density at radius 3 is 2.32 bits per heavy atom. The van der Waals surface area contributed by atoms with E-state index in [1.54, 1.807) is 11.3 Å². The lowest BCUT2D eigenvalue weighted by molar-refractivity contribution is 0.0977. The molecule has 4 rings (SSSR count). The second-order valence-electron chi connectivity index (χ2n) is 8.27. The number of nitrogens with zero attached hydrogens (tertiary/aromatic N) is 1. The first-order valence-electron chi connectivity index (χ1n) is 9.99. The van der Waals surface area contributed by atoms with Gasteiger partial charge in [0.1, 0.15) is 5.01 Å². The second-order valence-corrected chi connectivity index (χ2v) is 9.71. The summed E-state index contributed by atoms with van der Waals surface area (Å²) in [5, 5.41) is 7.08. The molecule has 4 nitrogen and oxygen atoms in total. The number of hydrogen-bond donors (Lipinski definition) is 2. The molecule has 1 amide bonds. The number of aromatic nitrogens is 1. The minimum Gasteiger partial charge on any atom is -0.332 e. The summed E-state index contributed by atoms with van der Waals surface area (Å²) in [4.78, 5) is 17.4. The van der Waals surface area contributed by atoms with Gasteiger partial charge in [-0.25, -0.2) is 4.98 Å². The maximum atomic E-state index is 12.6. The Kier molecular flexibility index (Phi) is 5.85. The van der Waals surface area contributed by atoms with Crippen LogP contribution in [0.15, 0.2) is 72.8 Å². The number of hydrogen-bond acceptors (Lipinski definition) is 4. The Morgan fingerprint density at radius 2 is 1.61 bits per heavy atom. The molecular weight excluding hydrogens is 422 g/mol. The molecule has 0 aliphatic heterocycles. The Balaban J connectivity index is 1.50. The molecule has 1 heterocycles. The van der Waals surface area contributed by atoms with E-state index in [0.29, 0.717) is 5.56 Å². The van der Waals surface area contributed by atoms with Crippen LogP contribution < -0.4 is 10.6 Å². The van der Waals surface area contributed by atoms with Crippen molar-refractivity contribution in [2.75, 3.05) is 5.32 Å². The molecule has 0 fully saturated rings. The highest BCUT2D eigenvalue weighted by Gasteiger charge is 2.16. The topological polar surface area (TPSA) is 54.0 Å². The van der Waals surface area contributed by atoms with Gasteiger partial charge in [0.15, 0.2) is 5.11 Å². The number of para-hydroxylation sites is 2. The molecule has 0 radical (unpaired) electrons. The first kappa shape index (κ1) is 21.2. The normalized spacial score (nSPS) is 11.3. The minimum atomic E-state index is -0.240. The predicted octanol–water partition coefficient (Wildman–Crippen LogP) is 6.39. The van der Waals surface area contributed by atoms with Crippen molar-refractivity contribution >= 4 is 50.5 Å². The molecule has 0 saturated carbocycles. The van der Waals surface area contributed by atoms with Crippen molar-refractivity contribution in [1.82, 2.24) is 10.3 Å². The molecule has 0 aliphatic rings. The van der Waals surface area contributed by atoms with Crippen LogP contribution in [0.3, 0.4) is 0 Å². The molecule has 6 heteroatoms. The van der Waals surface area contributed by atoms with E-state index < -0.39 is 0 Å². The molecule has 156 valence electrons. The van der Waals surface area contributed by atoms with Gasteiger partial charge in [-0.3, -0.25) is 10.1 Å². The number of amides is 1. The number of fused-ring (bicyclic) bond motifs is 1. The summed E-state index contributed by atoms with van der Waals surface area (Å²) in [6.07, 6.45) is 0. The summed E-state index contributed by atoms with van der Waals surface area (Å²) in [6.45, 7) is 6.43. The molecule has 0 aliphatic carbocycles. The van der Waals surface area contributed by atoms with Gasteiger partial charge in [-0.1, -0.05) is 57.2 Å². The molecule has 31 heavy (non-hydrogen) atoms. The third kappa shape index (κ3) is 4.81. The molecule has 1 aromatic heterocycles. The van der Waals surface area contributed by atoms with Crippen molar-refractivity contribution in [3.05, 3.63) is 83.9 Å². The highest BCUT2D eigenvalue weighted by atomic mass is 32.1. The predicted molar refractivity (Wildman–Crippen MR) is 134 cm³/mol. The fourth-order valence-corrected chi connectivity index (χ4v) is 4.42. The number of benzene rings is 3. The maximum absolute atomic E-state index is 12.6. The lowest BCUT2D eigenvalue weighted by Crippen LogP contribution is -2.34. The van der Waals surface area contributed by atoms with Crippen molar-refractivity contribution in [3.63, 3.8) is 0 Å². The SMILES string of the molecule is CC(C)(C)c1ccc(C(=O)NC(=S)Nc2ccccc2-c2nc3ccccc3s2)cc1. The Morgan fingerprint density at radius 1 is 0.935 bits per heavy atom.